The lowest BCUT2D eigenvalue weighted by Gasteiger charge is -2.13. The van der Waals surface area contributed by atoms with Crippen LogP contribution >= 0.6 is 0 Å². The number of esters is 1. The molecular weight excluding hydrogens is 334 g/mol. The van der Waals surface area contributed by atoms with Gasteiger partial charge in [0, 0.05) is 6.08 Å². The molecule has 26 heavy (non-hydrogen) atoms. The highest BCUT2D eigenvalue weighted by atomic mass is 16.5. The van der Waals surface area contributed by atoms with Crippen molar-refractivity contribution in [3.63, 3.8) is 0 Å². The van der Waals surface area contributed by atoms with Crippen molar-refractivity contribution < 1.29 is 23.9 Å². The molecule has 1 aliphatic rings. The Morgan fingerprint density at radius 3 is 2.19 bits per heavy atom. The van der Waals surface area contributed by atoms with Crippen LogP contribution in [0.15, 0.2) is 54.6 Å². The molecule has 2 aromatic carbocycles. The molecule has 0 bridgehead atoms. The van der Waals surface area contributed by atoms with E-state index >= 15 is 0 Å². The van der Waals surface area contributed by atoms with E-state index in [1.165, 1.54) is 6.08 Å². The number of benzene rings is 2. The van der Waals surface area contributed by atoms with Crippen molar-refractivity contribution in [3.8, 4) is 5.75 Å². The van der Waals surface area contributed by atoms with Crippen LogP contribution in [0.2, 0.25) is 0 Å². The predicted octanol–water partition coefficient (Wildman–Crippen LogP) is 2.55. The zero-order valence-electron chi connectivity index (χ0n) is 14.2. The number of hydrogen-bond donors (Lipinski definition) is 0. The van der Waals surface area contributed by atoms with Crippen LogP contribution in [0.25, 0.3) is 6.08 Å². The molecule has 0 atom stereocenters. The van der Waals surface area contributed by atoms with Crippen LogP contribution in [0, 0.1) is 0 Å². The molecule has 3 rings (SSSR count). The molecule has 0 fully saturated rings. The van der Waals surface area contributed by atoms with Gasteiger partial charge in [-0.1, -0.05) is 24.3 Å². The summed E-state index contributed by atoms with van der Waals surface area (Å²) in [5, 5.41) is 0. The van der Waals surface area contributed by atoms with E-state index in [1.54, 1.807) is 61.7 Å². The summed E-state index contributed by atoms with van der Waals surface area (Å²) in [6, 6.07) is 13.8. The fourth-order valence-corrected chi connectivity index (χ4v) is 2.61. The quantitative estimate of drug-likeness (QED) is 0.454. The van der Waals surface area contributed by atoms with Crippen LogP contribution in [-0.2, 0) is 9.53 Å². The third-order valence-corrected chi connectivity index (χ3v) is 3.97. The van der Waals surface area contributed by atoms with Gasteiger partial charge in [-0.2, -0.15) is 0 Å². The van der Waals surface area contributed by atoms with E-state index in [9.17, 15) is 14.4 Å². The second kappa shape index (κ2) is 7.65. The van der Waals surface area contributed by atoms with Gasteiger partial charge in [0.15, 0.2) is 0 Å². The molecule has 0 saturated carbocycles. The Kier molecular flexibility index (Phi) is 5.12. The zero-order valence-corrected chi connectivity index (χ0v) is 14.2. The first kappa shape index (κ1) is 17.4. The number of amides is 2. The van der Waals surface area contributed by atoms with Crippen LogP contribution in [0.5, 0.6) is 5.75 Å². The minimum atomic E-state index is -0.544. The lowest BCUT2D eigenvalue weighted by molar-refractivity contribution is -0.137. The highest BCUT2D eigenvalue weighted by Crippen LogP contribution is 2.21. The Hall–Kier alpha value is -3.41. The SMILES string of the molecule is COc1ccc(/C=C\C(=O)OCCN2C(=O)c3ccccc3C2=O)cc1. The first-order valence-corrected chi connectivity index (χ1v) is 8.04. The Morgan fingerprint density at radius 1 is 1.00 bits per heavy atom. The number of carbonyl (C=O) groups excluding carboxylic acids is 3. The van der Waals surface area contributed by atoms with Crippen LogP contribution in [0.1, 0.15) is 26.3 Å². The van der Waals surface area contributed by atoms with E-state index in [0.717, 1.165) is 16.2 Å². The average Bonchev–Trinajstić information content (AvgIpc) is 2.92. The molecule has 0 spiro atoms. The van der Waals surface area contributed by atoms with E-state index in [-0.39, 0.29) is 25.0 Å². The van der Waals surface area contributed by atoms with Gasteiger partial charge in [-0.15, -0.1) is 0 Å². The van der Waals surface area contributed by atoms with Gasteiger partial charge < -0.3 is 9.47 Å². The number of imide groups is 1. The minimum absolute atomic E-state index is 0.0223. The first-order chi connectivity index (χ1) is 12.6. The molecule has 0 radical (unpaired) electrons. The van der Waals surface area contributed by atoms with E-state index in [0.29, 0.717) is 11.1 Å². The summed E-state index contributed by atoms with van der Waals surface area (Å²) in [6.07, 6.45) is 2.91. The van der Waals surface area contributed by atoms with Crippen molar-refractivity contribution in [1.82, 2.24) is 4.90 Å². The fourth-order valence-electron chi connectivity index (χ4n) is 2.61. The van der Waals surface area contributed by atoms with Gasteiger partial charge in [0.05, 0.1) is 24.8 Å². The highest BCUT2D eigenvalue weighted by Gasteiger charge is 2.34. The van der Waals surface area contributed by atoms with Crippen molar-refractivity contribution >= 4 is 23.9 Å². The summed E-state index contributed by atoms with van der Waals surface area (Å²) in [6.45, 7) is -0.0360. The van der Waals surface area contributed by atoms with Crippen molar-refractivity contribution in [2.75, 3.05) is 20.3 Å². The Balaban J connectivity index is 1.50. The van der Waals surface area contributed by atoms with Crippen LogP contribution < -0.4 is 4.74 Å². The molecule has 1 heterocycles. The third-order valence-electron chi connectivity index (χ3n) is 3.97. The molecule has 0 saturated heterocycles. The molecule has 0 aliphatic carbocycles. The summed E-state index contributed by atoms with van der Waals surface area (Å²) < 4.78 is 10.1. The van der Waals surface area contributed by atoms with Crippen LogP contribution in [-0.4, -0.2) is 42.9 Å². The summed E-state index contributed by atoms with van der Waals surface area (Å²) in [5.74, 6) is -0.547. The Bertz CT molecular complexity index is 835. The maximum absolute atomic E-state index is 12.2. The Morgan fingerprint density at radius 2 is 1.62 bits per heavy atom. The van der Waals surface area contributed by atoms with E-state index < -0.39 is 5.97 Å². The minimum Gasteiger partial charge on any atom is -0.497 e. The number of carbonyl (C=O) groups is 3. The van der Waals surface area contributed by atoms with Crippen molar-refractivity contribution in [2.24, 2.45) is 0 Å². The summed E-state index contributed by atoms with van der Waals surface area (Å²) in [5.41, 5.74) is 1.58. The Labute approximate surface area is 150 Å². The number of fused-ring (bicyclic) bond motifs is 1. The second-order valence-electron chi connectivity index (χ2n) is 5.58. The normalized spacial score (nSPS) is 13.2. The third kappa shape index (κ3) is 3.64. The van der Waals surface area contributed by atoms with Crippen molar-refractivity contribution in [1.29, 1.82) is 0 Å². The smallest absolute Gasteiger partial charge is 0.330 e. The first-order valence-electron chi connectivity index (χ1n) is 8.04. The number of methoxy groups -OCH3 is 1. The molecular formula is C20H17NO5. The van der Waals surface area contributed by atoms with E-state index in [4.69, 9.17) is 9.47 Å². The molecule has 0 unspecified atom stereocenters. The molecule has 6 nitrogen and oxygen atoms in total. The standard InChI is InChI=1S/C20H17NO5/c1-25-15-9-6-14(7-10-15)8-11-18(22)26-13-12-21-19(23)16-4-2-3-5-17(16)20(21)24/h2-11H,12-13H2,1H3/b11-8-. The van der Waals surface area contributed by atoms with Gasteiger partial charge in [0.1, 0.15) is 12.4 Å². The summed E-state index contributed by atoms with van der Waals surface area (Å²) in [4.78, 5) is 37.2. The van der Waals surface area contributed by atoms with Crippen molar-refractivity contribution in [2.45, 2.75) is 0 Å². The molecule has 0 aromatic heterocycles. The molecule has 1 aliphatic heterocycles. The molecule has 0 N–H and O–H groups in total. The van der Waals surface area contributed by atoms with Gasteiger partial charge in [-0.3, -0.25) is 14.5 Å². The highest BCUT2D eigenvalue weighted by molar-refractivity contribution is 6.21. The number of ether oxygens (including phenoxy) is 2. The van der Waals surface area contributed by atoms with Crippen molar-refractivity contribution in [3.05, 3.63) is 71.3 Å². The van der Waals surface area contributed by atoms with Crippen LogP contribution in [0.3, 0.4) is 0 Å². The lowest BCUT2D eigenvalue weighted by atomic mass is 10.1. The van der Waals surface area contributed by atoms with Gasteiger partial charge in [-0.25, -0.2) is 4.79 Å². The largest absolute Gasteiger partial charge is 0.497 e. The number of hydrogen-bond acceptors (Lipinski definition) is 5. The monoisotopic (exact) mass is 351 g/mol. The maximum Gasteiger partial charge on any atom is 0.330 e. The van der Waals surface area contributed by atoms with Gasteiger partial charge >= 0.3 is 5.97 Å². The van der Waals surface area contributed by atoms with E-state index in [2.05, 4.69) is 0 Å². The molecule has 6 heteroatoms. The van der Waals surface area contributed by atoms with Gasteiger partial charge in [0.25, 0.3) is 11.8 Å². The summed E-state index contributed by atoms with van der Waals surface area (Å²) in [7, 11) is 1.58. The summed E-state index contributed by atoms with van der Waals surface area (Å²) >= 11 is 0. The van der Waals surface area contributed by atoms with Gasteiger partial charge in [0.2, 0.25) is 0 Å². The topological polar surface area (TPSA) is 72.9 Å². The fraction of sp³-hybridized carbons (Fsp3) is 0.150. The number of rotatable bonds is 6. The van der Waals surface area contributed by atoms with Gasteiger partial charge in [-0.05, 0) is 35.9 Å². The maximum atomic E-state index is 12.2. The van der Waals surface area contributed by atoms with E-state index in [1.807, 2.05) is 0 Å². The lowest BCUT2D eigenvalue weighted by Crippen LogP contribution is -2.33. The molecule has 2 amide bonds. The second-order valence-corrected chi connectivity index (χ2v) is 5.58. The zero-order chi connectivity index (χ0) is 18.5. The predicted molar refractivity (Wildman–Crippen MR) is 94.8 cm³/mol. The molecule has 132 valence electrons. The molecule has 2 aromatic rings. The number of nitrogens with zero attached hydrogens (tertiary/aromatic N) is 1. The van der Waals surface area contributed by atoms with Crippen LogP contribution in [0.4, 0.5) is 0 Å². The average molecular weight is 351 g/mol.